The third-order valence-electron chi connectivity index (χ3n) is 4.27. The number of nitrogens with one attached hydrogen (secondary N) is 1. The van der Waals surface area contributed by atoms with Gasteiger partial charge in [-0.05, 0) is 54.2 Å². The topological polar surface area (TPSA) is 62.1 Å². The van der Waals surface area contributed by atoms with E-state index in [0.717, 1.165) is 47.4 Å². The zero-order valence-electron chi connectivity index (χ0n) is 16.2. The molecular weight excluding hydrogens is 336 g/mol. The number of amides is 1. The minimum Gasteiger partial charge on any atom is -0.494 e. The molecule has 27 heavy (non-hydrogen) atoms. The number of carbonyl (C=O) groups excluding carboxylic acids is 1. The lowest BCUT2D eigenvalue weighted by Crippen LogP contribution is -2.16. The van der Waals surface area contributed by atoms with Crippen molar-refractivity contribution in [2.24, 2.45) is 0 Å². The van der Waals surface area contributed by atoms with Crippen molar-refractivity contribution < 1.29 is 9.53 Å². The summed E-state index contributed by atoms with van der Waals surface area (Å²) in [4.78, 5) is 12.7. The summed E-state index contributed by atoms with van der Waals surface area (Å²) in [5.41, 5.74) is 3.81. The van der Waals surface area contributed by atoms with E-state index < -0.39 is 0 Å². The second-order valence-corrected chi connectivity index (χ2v) is 6.20. The number of para-hydroxylation sites is 1. The number of ether oxygens (including phenoxy) is 1. The van der Waals surface area contributed by atoms with Crippen LogP contribution in [0.15, 0.2) is 48.0 Å². The van der Waals surface area contributed by atoms with Crippen molar-refractivity contribution in [3.05, 3.63) is 64.7 Å². The zero-order chi connectivity index (χ0) is 19.6. The van der Waals surface area contributed by atoms with Gasteiger partial charge in [-0.1, -0.05) is 51.1 Å². The molecule has 0 spiro atoms. The molecule has 1 N–H and O–H groups in total. The fraction of sp³-hybridized carbons (Fsp3) is 0.304. The average molecular weight is 362 g/mol. The molecule has 4 heteroatoms. The summed E-state index contributed by atoms with van der Waals surface area (Å²) in [6.45, 7) is 6.81. The standard InChI is InChI=1S/C23H26N2O2/c1-4-14-27-21-12-10-17(11-13-21)15-20(16-24)23(26)25-22-18(5-2)8-7-9-19(22)6-3/h7-13,15H,4-6,14H2,1-3H3,(H,25,26)/b20-15+. The van der Waals surface area contributed by atoms with E-state index in [9.17, 15) is 10.1 Å². The summed E-state index contributed by atoms with van der Waals surface area (Å²) in [6.07, 6.45) is 4.17. The highest BCUT2D eigenvalue weighted by Gasteiger charge is 2.14. The summed E-state index contributed by atoms with van der Waals surface area (Å²) < 4.78 is 5.55. The molecule has 0 unspecified atom stereocenters. The lowest BCUT2D eigenvalue weighted by Gasteiger charge is -2.14. The molecule has 0 aromatic heterocycles. The van der Waals surface area contributed by atoms with Gasteiger partial charge in [0.05, 0.1) is 6.61 Å². The Balaban J connectivity index is 2.21. The highest BCUT2D eigenvalue weighted by Crippen LogP contribution is 2.23. The lowest BCUT2D eigenvalue weighted by atomic mass is 10.0. The van der Waals surface area contributed by atoms with Crippen molar-refractivity contribution in [2.75, 3.05) is 11.9 Å². The van der Waals surface area contributed by atoms with E-state index in [4.69, 9.17) is 4.74 Å². The fourth-order valence-corrected chi connectivity index (χ4v) is 2.78. The van der Waals surface area contributed by atoms with E-state index in [1.165, 1.54) is 0 Å². The number of anilines is 1. The van der Waals surface area contributed by atoms with Crippen molar-refractivity contribution in [1.29, 1.82) is 5.26 Å². The molecule has 1 amide bonds. The van der Waals surface area contributed by atoms with E-state index in [1.54, 1.807) is 6.08 Å². The smallest absolute Gasteiger partial charge is 0.266 e. The van der Waals surface area contributed by atoms with Crippen molar-refractivity contribution in [3.8, 4) is 11.8 Å². The van der Waals surface area contributed by atoms with Crippen molar-refractivity contribution in [2.45, 2.75) is 40.0 Å². The van der Waals surface area contributed by atoms with Crippen molar-refractivity contribution >= 4 is 17.7 Å². The number of aryl methyl sites for hydroxylation is 2. The van der Waals surface area contributed by atoms with Gasteiger partial charge in [0.15, 0.2) is 0 Å². The van der Waals surface area contributed by atoms with Crippen LogP contribution in [-0.2, 0) is 17.6 Å². The molecule has 2 rings (SSSR count). The maximum absolute atomic E-state index is 12.7. The Morgan fingerprint density at radius 1 is 1.07 bits per heavy atom. The van der Waals surface area contributed by atoms with Gasteiger partial charge in [-0.25, -0.2) is 0 Å². The third-order valence-corrected chi connectivity index (χ3v) is 4.27. The number of rotatable bonds is 8. The van der Waals surface area contributed by atoms with E-state index in [1.807, 2.05) is 62.4 Å². The number of carbonyl (C=O) groups is 1. The zero-order valence-corrected chi connectivity index (χ0v) is 16.2. The molecule has 0 saturated carbocycles. The molecule has 0 aliphatic heterocycles. The highest BCUT2D eigenvalue weighted by molar-refractivity contribution is 6.10. The molecule has 0 bridgehead atoms. The van der Waals surface area contributed by atoms with Gasteiger partial charge in [-0.15, -0.1) is 0 Å². The first-order chi connectivity index (χ1) is 13.1. The molecule has 0 saturated heterocycles. The molecule has 4 nitrogen and oxygen atoms in total. The quantitative estimate of drug-likeness (QED) is 0.522. The number of nitrogens with zero attached hydrogens (tertiary/aromatic N) is 1. The SMILES string of the molecule is CCCOc1ccc(/C=C(\C#N)C(=O)Nc2c(CC)cccc2CC)cc1. The van der Waals surface area contributed by atoms with Crippen LogP contribution in [0.2, 0.25) is 0 Å². The Hall–Kier alpha value is -3.06. The minimum absolute atomic E-state index is 0.0742. The molecule has 2 aromatic rings. The average Bonchev–Trinajstić information content (AvgIpc) is 2.71. The van der Waals surface area contributed by atoms with E-state index >= 15 is 0 Å². The van der Waals surface area contributed by atoms with Crippen LogP contribution >= 0.6 is 0 Å². The van der Waals surface area contributed by atoms with Crippen LogP contribution in [0.4, 0.5) is 5.69 Å². The molecule has 0 aliphatic carbocycles. The van der Waals surface area contributed by atoms with Crippen LogP contribution in [0.25, 0.3) is 6.08 Å². The molecule has 2 aromatic carbocycles. The second kappa shape index (κ2) is 10.2. The van der Waals surface area contributed by atoms with E-state index in [2.05, 4.69) is 12.2 Å². The maximum Gasteiger partial charge on any atom is 0.266 e. The first-order valence-electron chi connectivity index (χ1n) is 9.39. The van der Waals surface area contributed by atoms with Gasteiger partial charge in [0.2, 0.25) is 0 Å². The molecule has 0 aliphatic rings. The number of nitriles is 1. The highest BCUT2D eigenvalue weighted by atomic mass is 16.5. The van der Waals surface area contributed by atoms with Gasteiger partial charge in [0.25, 0.3) is 5.91 Å². The Kier molecular flexibility index (Phi) is 7.63. The summed E-state index contributed by atoms with van der Waals surface area (Å²) in [7, 11) is 0. The Labute approximate surface area is 161 Å². The number of hydrogen-bond acceptors (Lipinski definition) is 3. The third kappa shape index (κ3) is 5.46. The van der Waals surface area contributed by atoms with Gasteiger partial charge >= 0.3 is 0 Å². The van der Waals surface area contributed by atoms with Crippen molar-refractivity contribution in [3.63, 3.8) is 0 Å². The number of benzene rings is 2. The fourth-order valence-electron chi connectivity index (χ4n) is 2.78. The van der Waals surface area contributed by atoms with E-state index in [0.29, 0.717) is 6.61 Å². The van der Waals surface area contributed by atoms with Gasteiger partial charge < -0.3 is 10.1 Å². The van der Waals surface area contributed by atoms with E-state index in [-0.39, 0.29) is 11.5 Å². The molecule has 0 heterocycles. The first-order valence-corrected chi connectivity index (χ1v) is 9.39. The normalized spacial score (nSPS) is 11.0. The van der Waals surface area contributed by atoms with Crippen LogP contribution in [0.3, 0.4) is 0 Å². The summed E-state index contributed by atoms with van der Waals surface area (Å²) in [5.74, 6) is 0.390. The van der Waals surface area contributed by atoms with Crippen LogP contribution in [-0.4, -0.2) is 12.5 Å². The molecular formula is C23H26N2O2. The number of hydrogen-bond donors (Lipinski definition) is 1. The molecule has 0 fully saturated rings. The predicted octanol–water partition coefficient (Wildman–Crippen LogP) is 5.15. The predicted molar refractivity (Wildman–Crippen MR) is 110 cm³/mol. The monoisotopic (exact) mass is 362 g/mol. The lowest BCUT2D eigenvalue weighted by molar-refractivity contribution is -0.112. The minimum atomic E-state index is -0.389. The Morgan fingerprint density at radius 2 is 1.70 bits per heavy atom. The first kappa shape index (κ1) is 20.3. The van der Waals surface area contributed by atoms with Crippen molar-refractivity contribution in [1.82, 2.24) is 0 Å². The Morgan fingerprint density at radius 3 is 2.22 bits per heavy atom. The van der Waals surface area contributed by atoms with Crippen LogP contribution in [0.1, 0.15) is 43.9 Å². The molecule has 0 radical (unpaired) electrons. The molecule has 0 atom stereocenters. The Bertz CT molecular complexity index is 823. The van der Waals surface area contributed by atoms with Crippen LogP contribution in [0.5, 0.6) is 5.75 Å². The largest absolute Gasteiger partial charge is 0.494 e. The van der Waals surface area contributed by atoms with Crippen LogP contribution in [0, 0.1) is 11.3 Å². The van der Waals surface area contributed by atoms with Crippen LogP contribution < -0.4 is 10.1 Å². The van der Waals surface area contributed by atoms with Gasteiger partial charge in [-0.2, -0.15) is 5.26 Å². The maximum atomic E-state index is 12.7. The summed E-state index contributed by atoms with van der Waals surface area (Å²) in [5, 5.41) is 12.4. The van der Waals surface area contributed by atoms with Gasteiger partial charge in [-0.3, -0.25) is 4.79 Å². The summed E-state index contributed by atoms with van der Waals surface area (Å²) >= 11 is 0. The molecule has 140 valence electrons. The summed E-state index contributed by atoms with van der Waals surface area (Å²) in [6, 6.07) is 15.4. The second-order valence-electron chi connectivity index (χ2n) is 6.20. The van der Waals surface area contributed by atoms with Gasteiger partial charge in [0, 0.05) is 5.69 Å². The van der Waals surface area contributed by atoms with Gasteiger partial charge in [0.1, 0.15) is 17.4 Å².